The van der Waals surface area contributed by atoms with Crippen LogP contribution in [0.4, 0.5) is 13.2 Å². The lowest BCUT2D eigenvalue weighted by Gasteiger charge is -2.07. The molecule has 0 atom stereocenters. The van der Waals surface area contributed by atoms with Gasteiger partial charge in [-0.2, -0.15) is 13.2 Å². The van der Waals surface area contributed by atoms with Gasteiger partial charge in [0.05, 0.1) is 7.11 Å². The molecule has 10 heteroatoms. The second kappa shape index (κ2) is 8.25. The Labute approximate surface area is 141 Å². The van der Waals surface area contributed by atoms with Gasteiger partial charge in [-0.05, 0) is 30.7 Å². The first-order valence-electron chi connectivity index (χ1n) is 7.03. The molecule has 0 fully saturated rings. The number of nitrogens with two attached hydrogens (primary N) is 1. The Balaban J connectivity index is 1.84. The Kier molecular flexibility index (Phi) is 6.32. The lowest BCUT2D eigenvalue weighted by atomic mass is 10.2. The van der Waals surface area contributed by atoms with Gasteiger partial charge in [-0.25, -0.2) is 4.68 Å². The first-order valence-corrected chi connectivity index (χ1v) is 8.01. The van der Waals surface area contributed by atoms with Gasteiger partial charge in [0.25, 0.3) is 0 Å². The van der Waals surface area contributed by atoms with Crippen molar-refractivity contribution in [2.24, 2.45) is 0 Å². The van der Waals surface area contributed by atoms with E-state index < -0.39 is 12.8 Å². The molecule has 132 valence electrons. The van der Waals surface area contributed by atoms with E-state index in [1.807, 2.05) is 12.1 Å². The molecule has 0 saturated carbocycles. The molecule has 0 aliphatic carbocycles. The van der Waals surface area contributed by atoms with Gasteiger partial charge in [0.2, 0.25) is 5.16 Å². The third-order valence-electron chi connectivity index (χ3n) is 2.94. The molecule has 2 rings (SSSR count). The Morgan fingerprint density at radius 2 is 1.92 bits per heavy atom. The Hall–Kier alpha value is -1.94. The summed E-state index contributed by atoms with van der Waals surface area (Å²) in [6, 6.07) is 7.20. The summed E-state index contributed by atoms with van der Waals surface area (Å²) in [5, 5.41) is 8.51. The Morgan fingerprint density at radius 3 is 2.54 bits per heavy atom. The summed E-state index contributed by atoms with van der Waals surface area (Å²) in [6.07, 6.45) is -3.84. The topological polar surface area (TPSA) is 75.2 Å². The zero-order valence-corrected chi connectivity index (χ0v) is 13.7. The van der Waals surface area contributed by atoms with Gasteiger partial charge in [0, 0.05) is 17.9 Å². The number of thioether (sulfide) groups is 1. The van der Waals surface area contributed by atoms with Gasteiger partial charge in [0.1, 0.15) is 12.4 Å². The second-order valence-electron chi connectivity index (χ2n) is 4.77. The molecule has 0 aliphatic heterocycles. The van der Waals surface area contributed by atoms with Gasteiger partial charge in [-0.1, -0.05) is 11.8 Å². The fourth-order valence-electron chi connectivity index (χ4n) is 1.82. The molecule has 1 aromatic carbocycles. The molecule has 6 nitrogen and oxygen atoms in total. The summed E-state index contributed by atoms with van der Waals surface area (Å²) in [7, 11) is 1.58. The number of benzene rings is 1. The first kappa shape index (κ1) is 18.4. The summed E-state index contributed by atoms with van der Waals surface area (Å²) in [5.74, 6) is 7.70. The van der Waals surface area contributed by atoms with Crippen LogP contribution in [0.5, 0.6) is 5.75 Å². The maximum absolute atomic E-state index is 11.9. The van der Waals surface area contributed by atoms with Crippen LogP contribution in [-0.2, 0) is 4.74 Å². The van der Waals surface area contributed by atoms with Crippen LogP contribution >= 0.6 is 11.8 Å². The molecular weight excluding hydrogens is 345 g/mol. The highest BCUT2D eigenvalue weighted by Gasteiger charge is 2.27. The average Bonchev–Trinajstić information content (AvgIpc) is 2.91. The van der Waals surface area contributed by atoms with Crippen molar-refractivity contribution in [1.82, 2.24) is 14.9 Å². The molecule has 0 unspecified atom stereocenters. The van der Waals surface area contributed by atoms with Crippen molar-refractivity contribution >= 4 is 11.8 Å². The van der Waals surface area contributed by atoms with E-state index in [-0.39, 0.29) is 6.61 Å². The zero-order chi connectivity index (χ0) is 17.6. The third kappa shape index (κ3) is 5.31. The summed E-state index contributed by atoms with van der Waals surface area (Å²) in [5.41, 5.74) is 0.783. The highest BCUT2D eigenvalue weighted by Crippen LogP contribution is 2.24. The largest absolute Gasteiger partial charge is 0.497 e. The van der Waals surface area contributed by atoms with E-state index in [4.69, 9.17) is 10.6 Å². The second-order valence-corrected chi connectivity index (χ2v) is 5.84. The molecule has 0 spiro atoms. The van der Waals surface area contributed by atoms with E-state index in [2.05, 4.69) is 14.9 Å². The van der Waals surface area contributed by atoms with Crippen molar-refractivity contribution in [3.05, 3.63) is 24.3 Å². The van der Waals surface area contributed by atoms with Crippen molar-refractivity contribution in [3.8, 4) is 17.1 Å². The van der Waals surface area contributed by atoms with Gasteiger partial charge in [0.15, 0.2) is 5.82 Å². The van der Waals surface area contributed by atoms with E-state index in [0.717, 1.165) is 11.3 Å². The van der Waals surface area contributed by atoms with Crippen molar-refractivity contribution in [1.29, 1.82) is 0 Å². The van der Waals surface area contributed by atoms with E-state index in [1.165, 1.54) is 16.4 Å². The van der Waals surface area contributed by atoms with Crippen LogP contribution in [0.25, 0.3) is 11.4 Å². The molecule has 0 amide bonds. The fraction of sp³-hybridized carbons (Fsp3) is 0.429. The molecule has 0 saturated heterocycles. The minimum atomic E-state index is -4.29. The van der Waals surface area contributed by atoms with Crippen molar-refractivity contribution in [2.75, 3.05) is 31.9 Å². The van der Waals surface area contributed by atoms with Crippen LogP contribution in [0.1, 0.15) is 6.42 Å². The number of alkyl halides is 3. The quantitative estimate of drug-likeness (QED) is 0.442. The number of nitrogens with zero attached hydrogens (tertiary/aromatic N) is 3. The van der Waals surface area contributed by atoms with Crippen LogP contribution in [-0.4, -0.2) is 47.1 Å². The number of aromatic nitrogens is 3. The van der Waals surface area contributed by atoms with Crippen molar-refractivity contribution in [3.63, 3.8) is 0 Å². The summed E-state index contributed by atoms with van der Waals surface area (Å²) in [6.45, 7) is -1.21. The van der Waals surface area contributed by atoms with Gasteiger partial charge in [-0.15, -0.1) is 10.2 Å². The number of hydrogen-bond acceptors (Lipinski definition) is 6. The lowest BCUT2D eigenvalue weighted by molar-refractivity contribution is -0.173. The predicted molar refractivity (Wildman–Crippen MR) is 84.4 cm³/mol. The molecule has 0 aliphatic rings. The number of nitrogen functional groups attached to an aromatic ring is 1. The molecule has 24 heavy (non-hydrogen) atoms. The molecule has 2 N–H and O–H groups in total. The van der Waals surface area contributed by atoms with E-state index >= 15 is 0 Å². The molecule has 1 heterocycles. The van der Waals surface area contributed by atoms with E-state index in [0.29, 0.717) is 23.2 Å². The van der Waals surface area contributed by atoms with Gasteiger partial charge >= 0.3 is 6.18 Å². The monoisotopic (exact) mass is 362 g/mol. The van der Waals surface area contributed by atoms with Gasteiger partial charge in [-0.3, -0.25) is 0 Å². The minimum absolute atomic E-state index is 0.0244. The molecule has 2 aromatic rings. The summed E-state index contributed by atoms with van der Waals surface area (Å²) >= 11 is 1.31. The Bertz CT molecular complexity index is 646. The number of ether oxygens (including phenoxy) is 2. The lowest BCUT2D eigenvalue weighted by Crippen LogP contribution is -2.17. The van der Waals surface area contributed by atoms with Crippen molar-refractivity contribution in [2.45, 2.75) is 17.8 Å². The zero-order valence-electron chi connectivity index (χ0n) is 12.9. The molecule has 0 radical (unpaired) electrons. The normalized spacial score (nSPS) is 11.7. The minimum Gasteiger partial charge on any atom is -0.497 e. The number of hydrogen-bond donors (Lipinski definition) is 1. The first-order chi connectivity index (χ1) is 11.4. The average molecular weight is 362 g/mol. The maximum Gasteiger partial charge on any atom is 0.411 e. The number of rotatable bonds is 8. The highest BCUT2D eigenvalue weighted by atomic mass is 32.2. The number of methoxy groups -OCH3 is 1. The molecule has 1 aromatic heterocycles. The van der Waals surface area contributed by atoms with Crippen LogP contribution in [0, 0.1) is 0 Å². The Morgan fingerprint density at radius 1 is 1.21 bits per heavy atom. The van der Waals surface area contributed by atoms with Crippen molar-refractivity contribution < 1.29 is 22.6 Å². The SMILES string of the molecule is COc1ccc(-c2nnc(SCCCOCC(F)(F)F)n2N)cc1. The predicted octanol–water partition coefficient (Wildman–Crippen LogP) is 2.73. The van der Waals surface area contributed by atoms with Crippen LogP contribution in [0.3, 0.4) is 0 Å². The highest BCUT2D eigenvalue weighted by molar-refractivity contribution is 7.99. The van der Waals surface area contributed by atoms with Crippen LogP contribution < -0.4 is 10.6 Å². The van der Waals surface area contributed by atoms with E-state index in [9.17, 15) is 13.2 Å². The standard InChI is InChI=1S/C14H17F3N4O2S/c1-22-11-5-3-10(4-6-11)12-19-20-13(21(12)18)24-8-2-7-23-9-14(15,16)17/h3-6H,2,7-9,18H2,1H3. The maximum atomic E-state index is 11.9. The van der Waals surface area contributed by atoms with Crippen LogP contribution in [0.15, 0.2) is 29.4 Å². The summed E-state index contributed by atoms with van der Waals surface area (Å²) < 4.78 is 46.7. The van der Waals surface area contributed by atoms with Gasteiger partial charge < -0.3 is 15.3 Å². The smallest absolute Gasteiger partial charge is 0.411 e. The summed E-state index contributed by atoms with van der Waals surface area (Å²) in [4.78, 5) is 0. The third-order valence-corrected chi connectivity index (χ3v) is 3.97. The molecular formula is C14H17F3N4O2S. The van der Waals surface area contributed by atoms with E-state index in [1.54, 1.807) is 19.2 Å². The van der Waals surface area contributed by atoms with Crippen LogP contribution in [0.2, 0.25) is 0 Å². The fourth-order valence-corrected chi connectivity index (χ4v) is 2.59. The molecule has 0 bridgehead atoms. The number of halogens is 3.